The maximum Gasteiger partial charge on any atom is 0.236 e. The number of hydrogen-bond acceptors (Lipinski definition) is 2. The monoisotopic (exact) mass is 350 g/mol. The van der Waals surface area contributed by atoms with Crippen molar-refractivity contribution in [3.8, 4) is 0 Å². The maximum atomic E-state index is 12.2. The molecule has 0 bridgehead atoms. The molecule has 1 unspecified atom stereocenters. The van der Waals surface area contributed by atoms with Gasteiger partial charge in [0.05, 0.1) is 6.54 Å². The summed E-state index contributed by atoms with van der Waals surface area (Å²) in [6, 6.07) is 6.98. The number of piperidine rings is 1. The standard InChI is InChI=1S/C17H23BrN2O/c18-15-6-4-14-11-16(7-5-13(14)10-15)19-12-17(21)20-8-2-1-3-9-20/h4,6,10,16,19H,1-3,5,7-9,11-12H2. The van der Waals surface area contributed by atoms with Gasteiger partial charge in [-0.15, -0.1) is 0 Å². The average molecular weight is 351 g/mol. The fraction of sp³-hybridized carbons (Fsp3) is 0.588. The molecule has 0 spiro atoms. The highest BCUT2D eigenvalue weighted by Crippen LogP contribution is 2.24. The van der Waals surface area contributed by atoms with Gasteiger partial charge < -0.3 is 10.2 Å². The van der Waals surface area contributed by atoms with Crippen LogP contribution in [0, 0.1) is 0 Å². The highest BCUT2D eigenvalue weighted by atomic mass is 79.9. The molecule has 1 heterocycles. The summed E-state index contributed by atoms with van der Waals surface area (Å²) < 4.78 is 1.16. The Morgan fingerprint density at radius 1 is 1.24 bits per heavy atom. The second-order valence-electron chi connectivity index (χ2n) is 6.18. The van der Waals surface area contributed by atoms with Gasteiger partial charge in [-0.25, -0.2) is 0 Å². The third-order valence-corrected chi connectivity index (χ3v) is 5.14. The lowest BCUT2D eigenvalue weighted by Crippen LogP contribution is -2.45. The first-order valence-electron chi connectivity index (χ1n) is 8.01. The number of carbonyl (C=O) groups excluding carboxylic acids is 1. The van der Waals surface area contributed by atoms with Crippen molar-refractivity contribution < 1.29 is 4.79 Å². The molecule has 0 radical (unpaired) electrons. The predicted octanol–water partition coefficient (Wildman–Crippen LogP) is 2.91. The Kier molecular flexibility index (Phi) is 4.96. The van der Waals surface area contributed by atoms with E-state index >= 15 is 0 Å². The summed E-state index contributed by atoms with van der Waals surface area (Å²) in [5, 5.41) is 3.47. The Morgan fingerprint density at radius 3 is 2.86 bits per heavy atom. The van der Waals surface area contributed by atoms with E-state index in [1.54, 1.807) is 0 Å². The number of nitrogens with one attached hydrogen (secondary N) is 1. The minimum Gasteiger partial charge on any atom is -0.342 e. The van der Waals surface area contributed by atoms with Gasteiger partial charge in [-0.3, -0.25) is 4.79 Å². The van der Waals surface area contributed by atoms with Crippen LogP contribution in [0.5, 0.6) is 0 Å². The lowest BCUT2D eigenvalue weighted by Gasteiger charge is -2.29. The van der Waals surface area contributed by atoms with Crippen molar-refractivity contribution >= 4 is 21.8 Å². The first-order chi connectivity index (χ1) is 10.2. The van der Waals surface area contributed by atoms with Gasteiger partial charge in [0.2, 0.25) is 5.91 Å². The van der Waals surface area contributed by atoms with E-state index in [-0.39, 0.29) is 5.91 Å². The highest BCUT2D eigenvalue weighted by Gasteiger charge is 2.21. The number of amides is 1. The number of rotatable bonds is 3. The zero-order chi connectivity index (χ0) is 14.7. The molecule has 1 aliphatic carbocycles. The number of aryl methyl sites for hydroxylation is 1. The van der Waals surface area contributed by atoms with Crippen molar-refractivity contribution in [3.63, 3.8) is 0 Å². The summed E-state index contributed by atoms with van der Waals surface area (Å²) in [7, 11) is 0. The summed E-state index contributed by atoms with van der Waals surface area (Å²) in [5.74, 6) is 0.274. The van der Waals surface area contributed by atoms with Crippen molar-refractivity contribution in [2.45, 2.75) is 44.6 Å². The van der Waals surface area contributed by atoms with Crippen molar-refractivity contribution in [2.75, 3.05) is 19.6 Å². The van der Waals surface area contributed by atoms with Crippen LogP contribution < -0.4 is 5.32 Å². The van der Waals surface area contributed by atoms with Gasteiger partial charge >= 0.3 is 0 Å². The van der Waals surface area contributed by atoms with E-state index in [1.807, 2.05) is 4.90 Å². The average Bonchev–Trinajstić information content (AvgIpc) is 2.53. The van der Waals surface area contributed by atoms with Crippen LogP contribution in [-0.4, -0.2) is 36.5 Å². The van der Waals surface area contributed by atoms with Crippen LogP contribution in [0.1, 0.15) is 36.8 Å². The number of fused-ring (bicyclic) bond motifs is 1. The predicted molar refractivity (Wildman–Crippen MR) is 88.4 cm³/mol. The van der Waals surface area contributed by atoms with E-state index in [1.165, 1.54) is 17.5 Å². The molecule has 114 valence electrons. The topological polar surface area (TPSA) is 32.3 Å². The Morgan fingerprint density at radius 2 is 2.05 bits per heavy atom. The van der Waals surface area contributed by atoms with Gasteiger partial charge in [0.15, 0.2) is 0 Å². The summed E-state index contributed by atoms with van der Waals surface area (Å²) in [5.41, 5.74) is 2.87. The van der Waals surface area contributed by atoms with Crippen LogP contribution >= 0.6 is 15.9 Å². The van der Waals surface area contributed by atoms with E-state index < -0.39 is 0 Å². The fourth-order valence-corrected chi connectivity index (χ4v) is 3.79. The van der Waals surface area contributed by atoms with Crippen LogP contribution in [-0.2, 0) is 17.6 Å². The Bertz CT molecular complexity index is 512. The van der Waals surface area contributed by atoms with Crippen molar-refractivity contribution in [3.05, 3.63) is 33.8 Å². The molecule has 1 fully saturated rings. The largest absolute Gasteiger partial charge is 0.342 e. The fourth-order valence-electron chi connectivity index (χ4n) is 3.38. The molecule has 3 nitrogen and oxygen atoms in total. The van der Waals surface area contributed by atoms with Gasteiger partial charge in [0.1, 0.15) is 0 Å². The van der Waals surface area contributed by atoms with E-state index in [9.17, 15) is 4.79 Å². The molecule has 1 amide bonds. The van der Waals surface area contributed by atoms with Gasteiger partial charge in [-0.05, 0) is 61.8 Å². The van der Waals surface area contributed by atoms with Crippen LogP contribution in [0.4, 0.5) is 0 Å². The summed E-state index contributed by atoms with van der Waals surface area (Å²) in [6.45, 7) is 2.39. The highest BCUT2D eigenvalue weighted by molar-refractivity contribution is 9.10. The zero-order valence-electron chi connectivity index (χ0n) is 12.4. The molecule has 0 saturated carbocycles. The lowest BCUT2D eigenvalue weighted by molar-refractivity contribution is -0.131. The molecule has 2 aliphatic rings. The van der Waals surface area contributed by atoms with E-state index in [0.717, 1.165) is 49.7 Å². The molecule has 1 aromatic rings. The minimum atomic E-state index is 0.274. The molecule has 3 rings (SSSR count). The SMILES string of the molecule is O=C(CNC1CCc2cc(Br)ccc2C1)N1CCCCC1. The number of carbonyl (C=O) groups is 1. The van der Waals surface area contributed by atoms with Crippen molar-refractivity contribution in [1.82, 2.24) is 10.2 Å². The molecule has 1 aromatic carbocycles. The second-order valence-corrected chi connectivity index (χ2v) is 7.09. The van der Waals surface area contributed by atoms with Crippen molar-refractivity contribution in [2.24, 2.45) is 0 Å². The minimum absolute atomic E-state index is 0.274. The normalized spacial score (nSPS) is 22.0. The molecule has 1 aliphatic heterocycles. The van der Waals surface area contributed by atoms with Crippen molar-refractivity contribution in [1.29, 1.82) is 0 Å². The van der Waals surface area contributed by atoms with Crippen LogP contribution in [0.15, 0.2) is 22.7 Å². The van der Waals surface area contributed by atoms with Gasteiger partial charge in [-0.2, -0.15) is 0 Å². The number of hydrogen-bond donors (Lipinski definition) is 1. The molecule has 1 saturated heterocycles. The summed E-state index contributed by atoms with van der Waals surface area (Å²) in [6.07, 6.45) is 6.86. The van der Waals surface area contributed by atoms with Crippen LogP contribution in [0.3, 0.4) is 0 Å². The quantitative estimate of drug-likeness (QED) is 0.908. The first kappa shape index (κ1) is 15.0. The number of nitrogens with zero attached hydrogens (tertiary/aromatic N) is 1. The molecule has 1 N–H and O–H groups in total. The van der Waals surface area contributed by atoms with E-state index in [4.69, 9.17) is 0 Å². The lowest BCUT2D eigenvalue weighted by atomic mass is 9.88. The number of likely N-dealkylation sites (tertiary alicyclic amines) is 1. The third-order valence-electron chi connectivity index (χ3n) is 4.65. The smallest absolute Gasteiger partial charge is 0.236 e. The molecule has 21 heavy (non-hydrogen) atoms. The summed E-state index contributed by atoms with van der Waals surface area (Å²) in [4.78, 5) is 14.2. The van der Waals surface area contributed by atoms with E-state index in [2.05, 4.69) is 39.4 Å². The van der Waals surface area contributed by atoms with Gasteiger partial charge in [0, 0.05) is 23.6 Å². The Balaban J connectivity index is 1.50. The maximum absolute atomic E-state index is 12.2. The zero-order valence-corrected chi connectivity index (χ0v) is 14.0. The molecule has 0 aromatic heterocycles. The van der Waals surface area contributed by atoms with Gasteiger partial charge in [0.25, 0.3) is 0 Å². The molecular weight excluding hydrogens is 328 g/mol. The van der Waals surface area contributed by atoms with Crippen LogP contribution in [0.25, 0.3) is 0 Å². The Labute approximate surface area is 135 Å². The molecular formula is C17H23BrN2O. The van der Waals surface area contributed by atoms with Crippen LogP contribution in [0.2, 0.25) is 0 Å². The number of benzene rings is 1. The van der Waals surface area contributed by atoms with E-state index in [0.29, 0.717) is 12.6 Å². The molecule has 1 atom stereocenters. The second kappa shape index (κ2) is 6.93. The third kappa shape index (κ3) is 3.86. The Hall–Kier alpha value is -0.870. The molecule has 4 heteroatoms. The van der Waals surface area contributed by atoms with Gasteiger partial charge in [-0.1, -0.05) is 22.0 Å². The summed E-state index contributed by atoms with van der Waals surface area (Å²) >= 11 is 3.53. The number of halogens is 1. The first-order valence-corrected chi connectivity index (χ1v) is 8.80.